The molecule has 0 aromatic carbocycles. The van der Waals surface area contributed by atoms with Crippen LogP contribution >= 0.6 is 0 Å². The Balaban J connectivity index is -0.000000411. The molecule has 0 aromatic rings. The molecule has 0 rings (SSSR count). The zero-order valence-corrected chi connectivity index (χ0v) is 23.5. The summed E-state index contributed by atoms with van der Waals surface area (Å²) in [6.45, 7) is 12.7. The third kappa shape index (κ3) is 36.6. The predicted molar refractivity (Wildman–Crippen MR) is 146 cm³/mol. The molecule has 0 heterocycles. The molecule has 0 radical (unpaired) electrons. The van der Waals surface area contributed by atoms with E-state index in [1.807, 2.05) is 6.92 Å². The van der Waals surface area contributed by atoms with Crippen molar-refractivity contribution in [3.8, 4) is 0 Å². The average Bonchev–Trinajstić information content (AvgIpc) is 2.78. The molecule has 4 unspecified atom stereocenters. The number of hydrogen-bond donors (Lipinski definition) is 4. The van der Waals surface area contributed by atoms with E-state index < -0.39 is 0 Å². The van der Waals surface area contributed by atoms with E-state index in [1.165, 1.54) is 44.9 Å². The van der Waals surface area contributed by atoms with Crippen LogP contribution in [-0.4, -0.2) is 44.8 Å². The highest BCUT2D eigenvalue weighted by molar-refractivity contribution is 4.58. The first-order chi connectivity index (χ1) is 15.8. The lowest BCUT2D eigenvalue weighted by atomic mass is 10.0. The maximum Gasteiger partial charge on any atom is 0.0540 e. The van der Waals surface area contributed by atoms with Gasteiger partial charge in [-0.1, -0.05) is 106 Å². The normalized spacial score (nSPS) is 14.4. The molecule has 0 bridgehead atoms. The minimum Gasteiger partial charge on any atom is -0.393 e. The maximum atomic E-state index is 9.35. The SMILES string of the molecule is CCCC(O)CCCC(O)CC.CCCCCC(O)CCC.CCCCCCC(O)CCC. The quantitative estimate of drug-likeness (QED) is 0.134. The first kappa shape index (κ1) is 37.4. The fourth-order valence-corrected chi connectivity index (χ4v) is 3.66. The Labute approximate surface area is 208 Å². The molecule has 0 amide bonds. The van der Waals surface area contributed by atoms with Gasteiger partial charge in [0.05, 0.1) is 24.4 Å². The van der Waals surface area contributed by atoms with Crippen molar-refractivity contribution in [1.29, 1.82) is 0 Å². The van der Waals surface area contributed by atoms with Crippen LogP contribution in [-0.2, 0) is 0 Å². The van der Waals surface area contributed by atoms with Crippen LogP contribution in [0.4, 0.5) is 0 Å². The molecular formula is C29H64O4. The molecule has 0 aliphatic heterocycles. The Morgan fingerprint density at radius 1 is 0.333 bits per heavy atom. The van der Waals surface area contributed by atoms with Crippen molar-refractivity contribution in [2.24, 2.45) is 0 Å². The number of rotatable bonds is 20. The predicted octanol–water partition coefficient (Wildman–Crippen LogP) is 7.93. The smallest absolute Gasteiger partial charge is 0.0540 e. The summed E-state index contributed by atoms with van der Waals surface area (Å²) < 4.78 is 0. The summed E-state index contributed by atoms with van der Waals surface area (Å²) >= 11 is 0. The van der Waals surface area contributed by atoms with Gasteiger partial charge >= 0.3 is 0 Å². The largest absolute Gasteiger partial charge is 0.393 e. The molecule has 0 saturated carbocycles. The van der Waals surface area contributed by atoms with Crippen LogP contribution < -0.4 is 0 Å². The first-order valence-electron chi connectivity index (χ1n) is 14.5. The van der Waals surface area contributed by atoms with Gasteiger partial charge in [-0.2, -0.15) is 0 Å². The Morgan fingerprint density at radius 3 is 1.03 bits per heavy atom. The van der Waals surface area contributed by atoms with E-state index in [-0.39, 0.29) is 24.4 Å². The molecule has 4 heteroatoms. The van der Waals surface area contributed by atoms with Crippen LogP contribution in [0.3, 0.4) is 0 Å². The second-order valence-corrected chi connectivity index (χ2v) is 9.67. The minimum atomic E-state index is -0.168. The molecule has 4 atom stereocenters. The van der Waals surface area contributed by atoms with Crippen molar-refractivity contribution in [1.82, 2.24) is 0 Å². The average molecular weight is 477 g/mol. The Bertz CT molecular complexity index is 325. The lowest BCUT2D eigenvalue weighted by molar-refractivity contribution is 0.126. The summed E-state index contributed by atoms with van der Waals surface area (Å²) in [5.74, 6) is 0. The molecule has 4 N–H and O–H groups in total. The number of aliphatic hydroxyl groups is 4. The van der Waals surface area contributed by atoms with Crippen molar-refractivity contribution in [2.75, 3.05) is 0 Å². The Hall–Kier alpha value is -0.160. The zero-order chi connectivity index (χ0) is 25.7. The van der Waals surface area contributed by atoms with Crippen LogP contribution in [0.15, 0.2) is 0 Å². The van der Waals surface area contributed by atoms with E-state index in [1.54, 1.807) is 0 Å². The Kier molecular flexibility index (Phi) is 36.1. The number of aliphatic hydroxyl groups excluding tert-OH is 4. The van der Waals surface area contributed by atoms with Crippen molar-refractivity contribution in [2.45, 2.75) is 188 Å². The van der Waals surface area contributed by atoms with Gasteiger partial charge in [-0.15, -0.1) is 0 Å². The fourth-order valence-electron chi connectivity index (χ4n) is 3.66. The van der Waals surface area contributed by atoms with Crippen molar-refractivity contribution in [3.63, 3.8) is 0 Å². The third-order valence-corrected chi connectivity index (χ3v) is 5.94. The fraction of sp³-hybridized carbons (Fsp3) is 1.00. The van der Waals surface area contributed by atoms with Crippen molar-refractivity contribution in [3.05, 3.63) is 0 Å². The standard InChI is InChI=1S/C10H22O2.C10H22O.C9H20O/c1-3-6-10(12)8-5-7-9(11)4-2;1-3-5-6-7-9-10(11)8-4-2;1-3-5-6-8-9(10)7-4-2/h9-12H,3-8H2,1-2H3;10-11H,3-9H2,1-2H3;9-10H,3-8H2,1-2H3. The van der Waals surface area contributed by atoms with Crippen molar-refractivity contribution >= 4 is 0 Å². The molecule has 204 valence electrons. The molecule has 0 spiro atoms. The molecule has 0 aromatic heterocycles. The highest BCUT2D eigenvalue weighted by Gasteiger charge is 2.05. The van der Waals surface area contributed by atoms with Gasteiger partial charge in [0.25, 0.3) is 0 Å². The first-order valence-corrected chi connectivity index (χ1v) is 14.5. The summed E-state index contributed by atoms with van der Waals surface area (Å²) in [7, 11) is 0. The summed E-state index contributed by atoms with van der Waals surface area (Å²) in [5, 5.41) is 37.2. The molecular weight excluding hydrogens is 412 g/mol. The van der Waals surface area contributed by atoms with E-state index in [2.05, 4.69) is 34.6 Å². The molecule has 0 fully saturated rings. The number of unbranched alkanes of at least 4 members (excludes halogenated alkanes) is 5. The van der Waals surface area contributed by atoms with E-state index in [0.29, 0.717) is 0 Å². The topological polar surface area (TPSA) is 80.9 Å². The summed E-state index contributed by atoms with van der Waals surface area (Å²) in [6, 6.07) is 0. The highest BCUT2D eigenvalue weighted by Crippen LogP contribution is 2.10. The molecule has 0 aliphatic carbocycles. The molecule has 0 aliphatic rings. The second kappa shape index (κ2) is 31.8. The second-order valence-electron chi connectivity index (χ2n) is 9.67. The molecule has 33 heavy (non-hydrogen) atoms. The van der Waals surface area contributed by atoms with Gasteiger partial charge in [0.15, 0.2) is 0 Å². The lowest BCUT2D eigenvalue weighted by Gasteiger charge is -2.10. The van der Waals surface area contributed by atoms with E-state index >= 15 is 0 Å². The minimum absolute atomic E-state index is 0.0307. The van der Waals surface area contributed by atoms with Gasteiger partial charge < -0.3 is 20.4 Å². The van der Waals surface area contributed by atoms with Crippen LogP contribution in [0.2, 0.25) is 0 Å². The van der Waals surface area contributed by atoms with E-state index in [0.717, 1.165) is 77.0 Å². The highest BCUT2D eigenvalue weighted by atomic mass is 16.3. The van der Waals surface area contributed by atoms with Gasteiger partial charge in [0.1, 0.15) is 0 Å². The van der Waals surface area contributed by atoms with Crippen LogP contribution in [0.1, 0.15) is 164 Å². The van der Waals surface area contributed by atoms with Gasteiger partial charge in [0, 0.05) is 0 Å². The van der Waals surface area contributed by atoms with Gasteiger partial charge in [-0.05, 0) is 57.8 Å². The molecule has 4 nitrogen and oxygen atoms in total. The Morgan fingerprint density at radius 2 is 0.667 bits per heavy atom. The van der Waals surface area contributed by atoms with Gasteiger partial charge in [-0.3, -0.25) is 0 Å². The van der Waals surface area contributed by atoms with Crippen LogP contribution in [0, 0.1) is 0 Å². The summed E-state index contributed by atoms with van der Waals surface area (Å²) in [6.07, 6.45) is 20.0. The van der Waals surface area contributed by atoms with Crippen LogP contribution in [0.5, 0.6) is 0 Å². The van der Waals surface area contributed by atoms with Crippen molar-refractivity contribution < 1.29 is 20.4 Å². The number of hydrogen-bond acceptors (Lipinski definition) is 4. The van der Waals surface area contributed by atoms with E-state index in [9.17, 15) is 20.4 Å². The van der Waals surface area contributed by atoms with Gasteiger partial charge in [0.2, 0.25) is 0 Å². The summed E-state index contributed by atoms with van der Waals surface area (Å²) in [5.41, 5.74) is 0. The summed E-state index contributed by atoms with van der Waals surface area (Å²) in [4.78, 5) is 0. The lowest BCUT2D eigenvalue weighted by Crippen LogP contribution is -2.09. The third-order valence-electron chi connectivity index (χ3n) is 5.94. The maximum absolute atomic E-state index is 9.35. The van der Waals surface area contributed by atoms with Crippen LogP contribution in [0.25, 0.3) is 0 Å². The van der Waals surface area contributed by atoms with E-state index in [4.69, 9.17) is 0 Å². The molecule has 0 saturated heterocycles. The van der Waals surface area contributed by atoms with Gasteiger partial charge in [-0.25, -0.2) is 0 Å². The monoisotopic (exact) mass is 476 g/mol. The zero-order valence-electron chi connectivity index (χ0n) is 23.5.